The summed E-state index contributed by atoms with van der Waals surface area (Å²) in [7, 11) is 1.91. The predicted molar refractivity (Wildman–Crippen MR) is 46.8 cm³/mol. The average Bonchev–Trinajstić information content (AvgIpc) is 2.21. The zero-order valence-corrected chi connectivity index (χ0v) is 7.76. The Morgan fingerprint density at radius 2 is 2.42 bits per heavy atom. The zero-order chi connectivity index (χ0) is 8.77. The van der Waals surface area contributed by atoms with Gasteiger partial charge in [-0.05, 0) is 19.8 Å². The fourth-order valence-corrected chi connectivity index (χ4v) is 2.27. The first-order chi connectivity index (χ1) is 5.62. The van der Waals surface area contributed by atoms with E-state index < -0.39 is 0 Å². The first-order valence-corrected chi connectivity index (χ1v) is 4.61. The summed E-state index contributed by atoms with van der Waals surface area (Å²) in [6.45, 7) is 3.82. The van der Waals surface area contributed by atoms with E-state index in [1.165, 1.54) is 0 Å². The highest BCUT2D eigenvalue weighted by Gasteiger charge is 2.42. The summed E-state index contributed by atoms with van der Waals surface area (Å²) in [5.74, 6) is 0.315. The van der Waals surface area contributed by atoms with Gasteiger partial charge in [0.2, 0.25) is 5.91 Å². The van der Waals surface area contributed by atoms with Crippen LogP contribution >= 0.6 is 0 Å². The third kappa shape index (κ3) is 1.04. The number of nitrogens with one attached hydrogen (secondary N) is 1. The lowest BCUT2D eigenvalue weighted by Crippen LogP contribution is -2.45. The number of amides is 1. The van der Waals surface area contributed by atoms with E-state index >= 15 is 0 Å². The first-order valence-electron chi connectivity index (χ1n) is 4.61. The maximum absolute atomic E-state index is 11.8. The molecule has 3 saturated heterocycles. The Bertz CT molecular complexity index is 207. The van der Waals surface area contributed by atoms with Crippen molar-refractivity contribution >= 4 is 5.91 Å². The molecule has 0 aromatic rings. The van der Waals surface area contributed by atoms with Gasteiger partial charge in [-0.15, -0.1) is 0 Å². The molecule has 3 heteroatoms. The van der Waals surface area contributed by atoms with Crippen molar-refractivity contribution in [3.8, 4) is 0 Å². The van der Waals surface area contributed by atoms with Crippen molar-refractivity contribution < 1.29 is 4.79 Å². The molecule has 2 atom stereocenters. The molecule has 1 amide bonds. The number of carbonyl (C=O) groups is 1. The topological polar surface area (TPSA) is 32.3 Å². The van der Waals surface area contributed by atoms with E-state index in [4.69, 9.17) is 0 Å². The van der Waals surface area contributed by atoms with Crippen LogP contribution in [0.2, 0.25) is 0 Å². The van der Waals surface area contributed by atoms with Gasteiger partial charge in [0.05, 0.1) is 5.41 Å². The molecule has 0 saturated carbocycles. The summed E-state index contributed by atoms with van der Waals surface area (Å²) in [5, 5.41) is 3.42. The average molecular weight is 168 g/mol. The SMILES string of the molecule is CN1CC2CCC(C)(CN2)C1=O. The fourth-order valence-electron chi connectivity index (χ4n) is 2.27. The van der Waals surface area contributed by atoms with Crippen molar-refractivity contribution in [3.05, 3.63) is 0 Å². The van der Waals surface area contributed by atoms with Gasteiger partial charge in [-0.2, -0.15) is 0 Å². The summed E-state index contributed by atoms with van der Waals surface area (Å²) in [4.78, 5) is 13.7. The van der Waals surface area contributed by atoms with E-state index in [2.05, 4.69) is 12.2 Å². The van der Waals surface area contributed by atoms with Crippen LogP contribution in [0.25, 0.3) is 0 Å². The van der Waals surface area contributed by atoms with E-state index in [1.807, 2.05) is 11.9 Å². The second kappa shape index (κ2) is 2.46. The molecule has 2 bridgehead atoms. The van der Waals surface area contributed by atoms with Gasteiger partial charge in [-0.1, -0.05) is 0 Å². The van der Waals surface area contributed by atoms with Crippen molar-refractivity contribution in [1.29, 1.82) is 0 Å². The van der Waals surface area contributed by atoms with Crippen molar-refractivity contribution in [2.75, 3.05) is 20.1 Å². The van der Waals surface area contributed by atoms with Crippen LogP contribution in [0.4, 0.5) is 0 Å². The van der Waals surface area contributed by atoms with Crippen LogP contribution in [-0.2, 0) is 4.79 Å². The Labute approximate surface area is 73.1 Å². The van der Waals surface area contributed by atoms with Gasteiger partial charge in [0.15, 0.2) is 0 Å². The molecule has 12 heavy (non-hydrogen) atoms. The van der Waals surface area contributed by atoms with Crippen molar-refractivity contribution in [3.63, 3.8) is 0 Å². The molecular formula is C9H16N2O. The maximum atomic E-state index is 11.8. The molecular weight excluding hydrogens is 152 g/mol. The van der Waals surface area contributed by atoms with Gasteiger partial charge in [0.25, 0.3) is 0 Å². The Kier molecular flexibility index (Phi) is 1.65. The number of hydrogen-bond donors (Lipinski definition) is 1. The quantitative estimate of drug-likeness (QED) is 0.561. The smallest absolute Gasteiger partial charge is 0.229 e. The third-order valence-electron chi connectivity index (χ3n) is 3.18. The van der Waals surface area contributed by atoms with Gasteiger partial charge in [0, 0.05) is 26.2 Å². The number of hydrogen-bond acceptors (Lipinski definition) is 2. The Morgan fingerprint density at radius 1 is 1.67 bits per heavy atom. The highest BCUT2D eigenvalue weighted by molar-refractivity contribution is 5.83. The minimum atomic E-state index is -0.123. The van der Waals surface area contributed by atoms with Crippen LogP contribution in [-0.4, -0.2) is 37.0 Å². The molecule has 3 fully saturated rings. The van der Waals surface area contributed by atoms with E-state index in [1.54, 1.807) is 0 Å². The predicted octanol–water partition coefficient (Wildman–Crippen LogP) is 0.217. The number of likely N-dealkylation sites (N-methyl/N-ethyl adjacent to an activating group) is 1. The summed E-state index contributed by atoms with van der Waals surface area (Å²) in [6, 6.07) is 0.537. The number of nitrogens with zero attached hydrogens (tertiary/aromatic N) is 1. The van der Waals surface area contributed by atoms with Gasteiger partial charge >= 0.3 is 0 Å². The Hall–Kier alpha value is -0.570. The lowest BCUT2D eigenvalue weighted by molar-refractivity contribution is -0.138. The summed E-state index contributed by atoms with van der Waals surface area (Å²) in [6.07, 6.45) is 2.19. The van der Waals surface area contributed by atoms with Crippen molar-refractivity contribution in [2.45, 2.75) is 25.8 Å². The highest BCUT2D eigenvalue weighted by atomic mass is 16.2. The second-order valence-corrected chi connectivity index (χ2v) is 4.36. The van der Waals surface area contributed by atoms with Crippen LogP contribution in [0.15, 0.2) is 0 Å². The minimum absolute atomic E-state index is 0.123. The largest absolute Gasteiger partial charge is 0.344 e. The van der Waals surface area contributed by atoms with Crippen LogP contribution < -0.4 is 5.32 Å². The molecule has 0 spiro atoms. The molecule has 68 valence electrons. The lowest BCUT2D eigenvalue weighted by atomic mass is 9.81. The summed E-state index contributed by atoms with van der Waals surface area (Å²) >= 11 is 0. The molecule has 2 unspecified atom stereocenters. The summed E-state index contributed by atoms with van der Waals surface area (Å²) in [5.41, 5.74) is -0.123. The zero-order valence-electron chi connectivity index (χ0n) is 7.76. The van der Waals surface area contributed by atoms with Gasteiger partial charge in [-0.25, -0.2) is 0 Å². The van der Waals surface area contributed by atoms with E-state index in [0.717, 1.165) is 25.9 Å². The molecule has 0 aromatic carbocycles. The Balaban J connectivity index is 2.29. The van der Waals surface area contributed by atoms with Crippen LogP contribution in [0.1, 0.15) is 19.8 Å². The normalized spacial score (nSPS) is 41.7. The highest BCUT2D eigenvalue weighted by Crippen LogP contribution is 2.32. The number of fused-ring (bicyclic) bond motifs is 4. The molecule has 3 heterocycles. The molecule has 3 aliphatic rings. The fraction of sp³-hybridized carbons (Fsp3) is 0.889. The van der Waals surface area contributed by atoms with E-state index in [-0.39, 0.29) is 5.41 Å². The molecule has 0 radical (unpaired) electrons. The molecule has 3 aliphatic heterocycles. The standard InChI is InChI=1S/C9H16N2O/c1-9-4-3-7(10-6-9)5-11(2)8(9)12/h7,10H,3-6H2,1-2H3. The Morgan fingerprint density at radius 3 is 3.00 bits per heavy atom. The minimum Gasteiger partial charge on any atom is -0.344 e. The third-order valence-corrected chi connectivity index (χ3v) is 3.18. The molecule has 0 aromatic heterocycles. The molecule has 3 nitrogen and oxygen atoms in total. The first kappa shape index (κ1) is 8.05. The van der Waals surface area contributed by atoms with Crippen molar-refractivity contribution in [1.82, 2.24) is 10.2 Å². The van der Waals surface area contributed by atoms with Gasteiger partial charge in [0.1, 0.15) is 0 Å². The maximum Gasteiger partial charge on any atom is 0.229 e. The molecule has 1 N–H and O–H groups in total. The van der Waals surface area contributed by atoms with Crippen LogP contribution in [0.5, 0.6) is 0 Å². The second-order valence-electron chi connectivity index (χ2n) is 4.36. The molecule has 0 aliphatic carbocycles. The van der Waals surface area contributed by atoms with Crippen LogP contribution in [0.3, 0.4) is 0 Å². The van der Waals surface area contributed by atoms with E-state index in [0.29, 0.717) is 11.9 Å². The van der Waals surface area contributed by atoms with Gasteiger partial charge < -0.3 is 10.2 Å². The van der Waals surface area contributed by atoms with Crippen molar-refractivity contribution in [2.24, 2.45) is 5.41 Å². The lowest BCUT2D eigenvalue weighted by Gasteiger charge is -2.31. The number of carbonyl (C=O) groups excluding carboxylic acids is 1. The van der Waals surface area contributed by atoms with Crippen LogP contribution in [0, 0.1) is 5.41 Å². The van der Waals surface area contributed by atoms with Gasteiger partial charge in [-0.3, -0.25) is 4.79 Å². The number of rotatable bonds is 0. The summed E-state index contributed by atoms with van der Waals surface area (Å²) < 4.78 is 0. The molecule has 3 rings (SSSR count). The number of piperidine rings is 1. The monoisotopic (exact) mass is 168 g/mol. The van der Waals surface area contributed by atoms with E-state index in [9.17, 15) is 4.79 Å².